The molecule has 0 radical (unpaired) electrons. The summed E-state index contributed by atoms with van der Waals surface area (Å²) < 4.78 is 0. The fourth-order valence-corrected chi connectivity index (χ4v) is 2.76. The van der Waals surface area contributed by atoms with Crippen LogP contribution < -0.4 is 0 Å². The summed E-state index contributed by atoms with van der Waals surface area (Å²) in [5, 5.41) is 18.5. The molecule has 3 fully saturated rings. The molecule has 0 aromatic carbocycles. The van der Waals surface area contributed by atoms with Gasteiger partial charge in [0.1, 0.15) is 0 Å². The van der Waals surface area contributed by atoms with Gasteiger partial charge >= 0.3 is 0 Å². The molecule has 2 heteroatoms. The third-order valence-electron chi connectivity index (χ3n) is 3.53. The number of rotatable bonds is 0. The minimum absolute atomic E-state index is 0.372. The van der Waals surface area contributed by atoms with Gasteiger partial charge in [-0.15, -0.1) is 0 Å². The van der Waals surface area contributed by atoms with Crippen LogP contribution in [0.25, 0.3) is 0 Å². The molecule has 3 aliphatic rings. The minimum atomic E-state index is -0.372. The molecule has 50 valence electrons. The van der Waals surface area contributed by atoms with Gasteiger partial charge in [0.25, 0.3) is 0 Å². The fraction of sp³-hybridized carbons (Fsp3) is 1.00. The number of hydrogen-bond acceptors (Lipinski definition) is 2. The van der Waals surface area contributed by atoms with Crippen molar-refractivity contribution in [1.29, 1.82) is 0 Å². The fourth-order valence-electron chi connectivity index (χ4n) is 2.76. The zero-order valence-corrected chi connectivity index (χ0v) is 5.12. The molecule has 3 saturated carbocycles. The predicted molar refractivity (Wildman–Crippen MR) is 30.7 cm³/mol. The average Bonchev–Trinajstić information content (AvgIpc) is 2.66. The van der Waals surface area contributed by atoms with Crippen molar-refractivity contribution < 1.29 is 10.2 Å². The standard InChI is InChI=1S/C7H10O2/c8-5-3-1-7(3)2-4(7)6(5)9/h3-6,8-9H,1-2H2/t3-,4-,5-,6+,7?/m1/s1. The summed E-state index contributed by atoms with van der Waals surface area (Å²) in [5.74, 6) is 0.968. The first-order valence-electron chi connectivity index (χ1n) is 3.62. The highest BCUT2D eigenvalue weighted by atomic mass is 16.3. The van der Waals surface area contributed by atoms with Gasteiger partial charge in [-0.1, -0.05) is 0 Å². The zero-order chi connectivity index (χ0) is 6.22. The van der Waals surface area contributed by atoms with Gasteiger partial charge < -0.3 is 10.2 Å². The maximum absolute atomic E-state index is 9.25. The van der Waals surface area contributed by atoms with E-state index in [0.29, 0.717) is 17.3 Å². The second kappa shape index (κ2) is 0.956. The van der Waals surface area contributed by atoms with E-state index in [4.69, 9.17) is 0 Å². The Bertz CT molecular complexity index is 154. The minimum Gasteiger partial charge on any atom is -0.390 e. The molecule has 3 rings (SSSR count). The monoisotopic (exact) mass is 126 g/mol. The van der Waals surface area contributed by atoms with Crippen LogP contribution in [0.1, 0.15) is 12.8 Å². The van der Waals surface area contributed by atoms with Crippen LogP contribution in [0.2, 0.25) is 0 Å². The van der Waals surface area contributed by atoms with Crippen LogP contribution in [0.3, 0.4) is 0 Å². The first-order chi connectivity index (χ1) is 4.26. The summed E-state index contributed by atoms with van der Waals surface area (Å²) >= 11 is 0. The van der Waals surface area contributed by atoms with E-state index >= 15 is 0 Å². The molecule has 2 nitrogen and oxygen atoms in total. The average molecular weight is 126 g/mol. The summed E-state index contributed by atoms with van der Waals surface area (Å²) in [6, 6.07) is 0. The Morgan fingerprint density at radius 2 is 1.44 bits per heavy atom. The molecule has 3 aliphatic carbocycles. The van der Waals surface area contributed by atoms with Crippen molar-refractivity contribution in [1.82, 2.24) is 0 Å². The SMILES string of the molecule is O[C@@H]1[C@H](O)[C@H]2CC23C[C@H]13. The first kappa shape index (κ1) is 4.69. The maximum Gasteiger partial charge on any atom is 0.0835 e. The van der Waals surface area contributed by atoms with Crippen molar-refractivity contribution in [2.75, 3.05) is 0 Å². The van der Waals surface area contributed by atoms with Crippen molar-refractivity contribution >= 4 is 0 Å². The van der Waals surface area contributed by atoms with E-state index < -0.39 is 0 Å². The van der Waals surface area contributed by atoms with Gasteiger partial charge in [-0.25, -0.2) is 0 Å². The van der Waals surface area contributed by atoms with Crippen molar-refractivity contribution in [3.8, 4) is 0 Å². The summed E-state index contributed by atoms with van der Waals surface area (Å²) in [6.07, 6.45) is 1.64. The van der Waals surface area contributed by atoms with Crippen molar-refractivity contribution in [2.24, 2.45) is 17.3 Å². The summed E-state index contributed by atoms with van der Waals surface area (Å²) in [5.41, 5.74) is 0.471. The second-order valence-electron chi connectivity index (χ2n) is 3.84. The molecule has 2 N–H and O–H groups in total. The molecule has 0 aromatic heterocycles. The van der Waals surface area contributed by atoms with Crippen LogP contribution in [0, 0.1) is 17.3 Å². The van der Waals surface area contributed by atoms with Gasteiger partial charge in [0.05, 0.1) is 12.2 Å². The van der Waals surface area contributed by atoms with E-state index in [0.717, 1.165) is 0 Å². The van der Waals surface area contributed by atoms with Crippen molar-refractivity contribution in [3.05, 3.63) is 0 Å². The summed E-state index contributed by atoms with van der Waals surface area (Å²) in [7, 11) is 0. The lowest BCUT2D eigenvalue weighted by Crippen LogP contribution is -2.26. The Morgan fingerprint density at radius 3 is 1.67 bits per heavy atom. The molecule has 9 heavy (non-hydrogen) atoms. The van der Waals surface area contributed by atoms with E-state index in [1.54, 1.807) is 0 Å². The molecule has 1 unspecified atom stereocenters. The third kappa shape index (κ3) is 0.310. The van der Waals surface area contributed by atoms with Gasteiger partial charge in [0.15, 0.2) is 0 Å². The molecule has 0 heterocycles. The lowest BCUT2D eigenvalue weighted by Gasteiger charge is -2.11. The molecular formula is C7H10O2. The van der Waals surface area contributed by atoms with Crippen LogP contribution in [-0.2, 0) is 0 Å². The normalized spacial score (nSPS) is 75.3. The number of hydrogen-bond donors (Lipinski definition) is 2. The zero-order valence-electron chi connectivity index (χ0n) is 5.12. The predicted octanol–water partition coefficient (Wildman–Crippen LogP) is -0.252. The van der Waals surface area contributed by atoms with Gasteiger partial charge in [0, 0.05) is 0 Å². The lowest BCUT2D eigenvalue weighted by molar-refractivity contribution is 0.00981. The molecule has 0 aromatic rings. The lowest BCUT2D eigenvalue weighted by atomic mass is 10.1. The Labute approximate surface area is 53.5 Å². The summed E-state index contributed by atoms with van der Waals surface area (Å²) in [4.78, 5) is 0. The quantitative estimate of drug-likeness (QED) is 0.470. The van der Waals surface area contributed by atoms with Crippen molar-refractivity contribution in [3.63, 3.8) is 0 Å². The molecular weight excluding hydrogens is 116 g/mol. The Hall–Kier alpha value is -0.0800. The summed E-state index contributed by atoms with van der Waals surface area (Å²) in [6.45, 7) is 0. The molecule has 5 atom stereocenters. The van der Waals surface area contributed by atoms with E-state index in [1.165, 1.54) is 12.8 Å². The number of aliphatic hydroxyl groups excluding tert-OH is 2. The van der Waals surface area contributed by atoms with E-state index in [2.05, 4.69) is 0 Å². The van der Waals surface area contributed by atoms with Crippen LogP contribution in [0.15, 0.2) is 0 Å². The first-order valence-corrected chi connectivity index (χ1v) is 3.62. The molecule has 0 saturated heterocycles. The van der Waals surface area contributed by atoms with Gasteiger partial charge in [-0.05, 0) is 30.1 Å². The second-order valence-corrected chi connectivity index (χ2v) is 3.84. The van der Waals surface area contributed by atoms with E-state index in [-0.39, 0.29) is 12.2 Å². The largest absolute Gasteiger partial charge is 0.390 e. The third-order valence-corrected chi connectivity index (χ3v) is 3.53. The van der Waals surface area contributed by atoms with Gasteiger partial charge in [-0.3, -0.25) is 0 Å². The van der Waals surface area contributed by atoms with Crippen LogP contribution in [0.5, 0.6) is 0 Å². The smallest absolute Gasteiger partial charge is 0.0835 e. The van der Waals surface area contributed by atoms with E-state index in [1.807, 2.05) is 0 Å². The molecule has 1 spiro atoms. The van der Waals surface area contributed by atoms with Gasteiger partial charge in [-0.2, -0.15) is 0 Å². The Kier molecular flexibility index (Phi) is 0.498. The van der Waals surface area contributed by atoms with Crippen LogP contribution >= 0.6 is 0 Å². The van der Waals surface area contributed by atoms with Crippen LogP contribution in [-0.4, -0.2) is 22.4 Å². The highest BCUT2D eigenvalue weighted by molar-refractivity contribution is 5.29. The Balaban J connectivity index is 2.00. The van der Waals surface area contributed by atoms with Crippen LogP contribution in [0.4, 0.5) is 0 Å². The molecule has 0 bridgehead atoms. The van der Waals surface area contributed by atoms with Gasteiger partial charge in [0.2, 0.25) is 0 Å². The molecule has 0 amide bonds. The highest BCUT2D eigenvalue weighted by Crippen LogP contribution is 2.81. The Morgan fingerprint density at radius 1 is 1.00 bits per heavy atom. The van der Waals surface area contributed by atoms with Crippen molar-refractivity contribution in [2.45, 2.75) is 25.0 Å². The number of aliphatic hydroxyl groups is 2. The molecule has 0 aliphatic heterocycles. The maximum atomic E-state index is 9.25. The highest BCUT2D eigenvalue weighted by Gasteiger charge is 2.80. The topological polar surface area (TPSA) is 40.5 Å². The van der Waals surface area contributed by atoms with E-state index in [9.17, 15) is 10.2 Å².